The van der Waals surface area contributed by atoms with Gasteiger partial charge < -0.3 is 11.1 Å². The standard InChI is InChI=1S/C13H18Cl2N2O2S/c1-7(20(19)13(2,3)4)12(18)17-11-9(15)5-8(14)6-10(11)16/h5-7H,16H2,1-4H3,(H,17,18). The SMILES string of the molecule is CC(C(=O)Nc1c(N)cc(Cl)cc1Cl)S(=O)C(C)(C)C. The lowest BCUT2D eigenvalue weighted by molar-refractivity contribution is -0.115. The van der Waals surface area contributed by atoms with Crippen LogP contribution in [0.2, 0.25) is 10.0 Å². The quantitative estimate of drug-likeness (QED) is 0.830. The second-order valence-electron chi connectivity index (χ2n) is 5.39. The molecule has 0 saturated heterocycles. The second kappa shape index (κ2) is 6.33. The van der Waals surface area contributed by atoms with Crippen molar-refractivity contribution in [3.05, 3.63) is 22.2 Å². The van der Waals surface area contributed by atoms with Gasteiger partial charge in [-0.3, -0.25) is 9.00 Å². The molecule has 7 heteroatoms. The van der Waals surface area contributed by atoms with Crippen LogP contribution in [0.4, 0.5) is 11.4 Å². The molecule has 2 unspecified atom stereocenters. The first-order valence-electron chi connectivity index (χ1n) is 6.00. The van der Waals surface area contributed by atoms with Crippen LogP contribution in [0.3, 0.4) is 0 Å². The molecular formula is C13H18Cl2N2O2S. The number of hydrogen-bond donors (Lipinski definition) is 2. The molecule has 0 aliphatic heterocycles. The van der Waals surface area contributed by atoms with E-state index in [1.807, 2.05) is 20.8 Å². The minimum Gasteiger partial charge on any atom is -0.397 e. The van der Waals surface area contributed by atoms with Crippen LogP contribution in [0.15, 0.2) is 12.1 Å². The average molecular weight is 337 g/mol. The molecule has 0 fully saturated rings. The van der Waals surface area contributed by atoms with Gasteiger partial charge in [0.15, 0.2) is 0 Å². The van der Waals surface area contributed by atoms with E-state index in [0.717, 1.165) is 0 Å². The van der Waals surface area contributed by atoms with Gasteiger partial charge in [0, 0.05) is 20.6 Å². The summed E-state index contributed by atoms with van der Waals surface area (Å²) < 4.78 is 11.7. The van der Waals surface area contributed by atoms with Crippen molar-refractivity contribution >= 4 is 51.3 Å². The Morgan fingerprint density at radius 1 is 1.35 bits per heavy atom. The summed E-state index contributed by atoms with van der Waals surface area (Å²) in [6.07, 6.45) is 0. The van der Waals surface area contributed by atoms with E-state index in [1.165, 1.54) is 12.1 Å². The third-order valence-electron chi connectivity index (χ3n) is 2.63. The largest absolute Gasteiger partial charge is 0.397 e. The topological polar surface area (TPSA) is 72.2 Å². The summed E-state index contributed by atoms with van der Waals surface area (Å²) in [6.45, 7) is 7.06. The summed E-state index contributed by atoms with van der Waals surface area (Å²) >= 11 is 11.8. The van der Waals surface area contributed by atoms with E-state index in [0.29, 0.717) is 10.7 Å². The Morgan fingerprint density at radius 2 is 1.90 bits per heavy atom. The first-order chi connectivity index (χ1) is 9.04. The van der Waals surface area contributed by atoms with E-state index < -0.39 is 26.7 Å². The van der Waals surface area contributed by atoms with Crippen LogP contribution in [-0.2, 0) is 15.6 Å². The van der Waals surface area contributed by atoms with Gasteiger partial charge in [0.05, 0.1) is 16.4 Å². The summed E-state index contributed by atoms with van der Waals surface area (Å²) in [4.78, 5) is 12.1. The van der Waals surface area contributed by atoms with Crippen molar-refractivity contribution in [2.24, 2.45) is 0 Å². The Morgan fingerprint density at radius 3 is 2.35 bits per heavy atom. The molecule has 0 aromatic heterocycles. The molecule has 3 N–H and O–H groups in total. The van der Waals surface area contributed by atoms with Gasteiger partial charge in [-0.1, -0.05) is 23.2 Å². The molecule has 1 aromatic rings. The zero-order valence-electron chi connectivity index (χ0n) is 11.8. The maximum atomic E-state index is 12.2. The van der Waals surface area contributed by atoms with Gasteiger partial charge in [-0.15, -0.1) is 0 Å². The molecule has 112 valence electrons. The zero-order chi connectivity index (χ0) is 15.7. The normalized spacial score (nSPS) is 14.7. The number of nitrogens with two attached hydrogens (primary N) is 1. The molecule has 1 rings (SSSR count). The smallest absolute Gasteiger partial charge is 0.239 e. The maximum absolute atomic E-state index is 12.2. The van der Waals surface area contributed by atoms with Crippen molar-refractivity contribution in [2.75, 3.05) is 11.1 Å². The molecule has 20 heavy (non-hydrogen) atoms. The van der Waals surface area contributed by atoms with Crippen molar-refractivity contribution in [1.82, 2.24) is 0 Å². The van der Waals surface area contributed by atoms with Gasteiger partial charge in [-0.25, -0.2) is 0 Å². The summed E-state index contributed by atoms with van der Waals surface area (Å²) in [6, 6.07) is 2.98. The van der Waals surface area contributed by atoms with Crippen LogP contribution in [0.1, 0.15) is 27.7 Å². The summed E-state index contributed by atoms with van der Waals surface area (Å²) in [5.74, 6) is -0.394. The van der Waals surface area contributed by atoms with Crippen molar-refractivity contribution < 1.29 is 9.00 Å². The van der Waals surface area contributed by atoms with Gasteiger partial charge in [0.1, 0.15) is 5.25 Å². The fourth-order valence-corrected chi connectivity index (χ4v) is 3.45. The lowest BCUT2D eigenvalue weighted by Gasteiger charge is -2.23. The number of anilines is 2. The van der Waals surface area contributed by atoms with Gasteiger partial charge in [0.2, 0.25) is 5.91 Å². The molecule has 0 radical (unpaired) electrons. The predicted molar refractivity (Wildman–Crippen MR) is 86.9 cm³/mol. The van der Waals surface area contributed by atoms with E-state index >= 15 is 0 Å². The van der Waals surface area contributed by atoms with Gasteiger partial charge in [0.25, 0.3) is 0 Å². The number of nitrogens with one attached hydrogen (secondary N) is 1. The highest BCUT2D eigenvalue weighted by Gasteiger charge is 2.30. The van der Waals surface area contributed by atoms with Crippen LogP contribution in [0.5, 0.6) is 0 Å². The van der Waals surface area contributed by atoms with E-state index in [2.05, 4.69) is 5.32 Å². The predicted octanol–water partition coefficient (Wildman–Crippen LogP) is 3.45. The number of nitrogen functional groups attached to an aromatic ring is 1. The fraction of sp³-hybridized carbons (Fsp3) is 0.462. The Bertz CT molecular complexity index is 533. The van der Waals surface area contributed by atoms with Gasteiger partial charge >= 0.3 is 0 Å². The van der Waals surface area contributed by atoms with Crippen molar-refractivity contribution in [2.45, 2.75) is 37.7 Å². The molecule has 0 heterocycles. The highest BCUT2D eigenvalue weighted by atomic mass is 35.5. The molecule has 1 amide bonds. The minimum atomic E-state index is -1.33. The van der Waals surface area contributed by atoms with E-state index in [4.69, 9.17) is 28.9 Å². The fourth-order valence-electron chi connectivity index (χ4n) is 1.58. The molecule has 2 atom stereocenters. The molecular weight excluding hydrogens is 319 g/mol. The van der Waals surface area contributed by atoms with Gasteiger partial charge in [-0.05, 0) is 39.8 Å². The van der Waals surface area contributed by atoms with Crippen LogP contribution in [0, 0.1) is 0 Å². The highest BCUT2D eigenvalue weighted by molar-refractivity contribution is 7.87. The van der Waals surface area contributed by atoms with Crippen LogP contribution in [0.25, 0.3) is 0 Å². The summed E-state index contributed by atoms with van der Waals surface area (Å²) in [5.41, 5.74) is 6.33. The number of halogens is 2. The van der Waals surface area contributed by atoms with Crippen molar-refractivity contribution in [1.29, 1.82) is 0 Å². The Kier molecular flexibility index (Phi) is 5.46. The molecule has 0 aliphatic rings. The van der Waals surface area contributed by atoms with Gasteiger partial charge in [-0.2, -0.15) is 0 Å². The molecule has 4 nitrogen and oxygen atoms in total. The average Bonchev–Trinajstić information content (AvgIpc) is 2.30. The lowest BCUT2D eigenvalue weighted by atomic mass is 10.2. The third kappa shape index (κ3) is 4.11. The maximum Gasteiger partial charge on any atom is 0.239 e. The number of carbonyl (C=O) groups is 1. The van der Waals surface area contributed by atoms with Crippen LogP contribution < -0.4 is 11.1 Å². The number of amides is 1. The van der Waals surface area contributed by atoms with E-state index in [-0.39, 0.29) is 10.7 Å². The van der Waals surface area contributed by atoms with Crippen molar-refractivity contribution in [3.8, 4) is 0 Å². The molecule has 0 spiro atoms. The van der Waals surface area contributed by atoms with E-state index in [9.17, 15) is 9.00 Å². The second-order valence-corrected chi connectivity index (χ2v) is 8.76. The number of carbonyl (C=O) groups excluding carboxylic acids is 1. The monoisotopic (exact) mass is 336 g/mol. The van der Waals surface area contributed by atoms with Crippen LogP contribution in [-0.4, -0.2) is 20.1 Å². The minimum absolute atomic E-state index is 0.247. The Balaban J connectivity index is 2.95. The summed E-state index contributed by atoms with van der Waals surface area (Å²) in [7, 11) is -1.33. The highest BCUT2D eigenvalue weighted by Crippen LogP contribution is 2.32. The molecule has 0 saturated carbocycles. The van der Waals surface area contributed by atoms with Crippen LogP contribution >= 0.6 is 23.2 Å². The Labute approximate surface area is 131 Å². The molecule has 1 aromatic carbocycles. The first-order valence-corrected chi connectivity index (χ1v) is 7.97. The Hall–Kier alpha value is -0.780. The first kappa shape index (κ1) is 17.3. The lowest BCUT2D eigenvalue weighted by Crippen LogP contribution is -2.37. The summed E-state index contributed by atoms with van der Waals surface area (Å²) in [5, 5.41) is 2.56. The van der Waals surface area contributed by atoms with E-state index in [1.54, 1.807) is 6.92 Å². The number of benzene rings is 1. The third-order valence-corrected chi connectivity index (χ3v) is 5.21. The number of hydrogen-bond acceptors (Lipinski definition) is 3. The van der Waals surface area contributed by atoms with Crippen molar-refractivity contribution in [3.63, 3.8) is 0 Å². The molecule has 0 aliphatic carbocycles. The zero-order valence-corrected chi connectivity index (χ0v) is 14.1. The molecule has 0 bridgehead atoms. The number of rotatable bonds is 3.